The fraction of sp³-hybridized carbons (Fsp3) is 0.167. The molecule has 0 radical (unpaired) electrons. The topological polar surface area (TPSA) is 90.8 Å². The average molecular weight is 537 g/mol. The van der Waals surface area contributed by atoms with Crippen LogP contribution in [0.3, 0.4) is 0 Å². The Morgan fingerprint density at radius 3 is 2.31 bits per heavy atom. The molecule has 0 aliphatic carbocycles. The van der Waals surface area contributed by atoms with Crippen LogP contribution in [0.1, 0.15) is 24.0 Å². The van der Waals surface area contributed by atoms with Gasteiger partial charge in [-0.25, -0.2) is 5.43 Å². The van der Waals surface area contributed by atoms with Crippen LogP contribution in [-0.4, -0.2) is 23.1 Å². The normalized spacial score (nSPS) is 11.5. The van der Waals surface area contributed by atoms with Crippen LogP contribution in [0.25, 0.3) is 0 Å². The number of hydrazone groups is 1. The van der Waals surface area contributed by atoms with Crippen molar-refractivity contribution < 1.29 is 27.9 Å². The number of nitrogens with one attached hydrogen (secondary N) is 2. The van der Waals surface area contributed by atoms with Gasteiger partial charge in [-0.05, 0) is 67.8 Å². The van der Waals surface area contributed by atoms with E-state index in [-0.39, 0.29) is 24.3 Å². The van der Waals surface area contributed by atoms with Crippen LogP contribution in [0, 0.1) is 0 Å². The van der Waals surface area contributed by atoms with Crippen LogP contribution >= 0.6 is 31.9 Å². The Balaban J connectivity index is 1.82. The molecule has 0 aromatic heterocycles. The number of phenolic OH excluding ortho intramolecular Hbond substituents is 1. The molecule has 0 aliphatic heterocycles. The summed E-state index contributed by atoms with van der Waals surface area (Å²) in [6.45, 7) is 0. The zero-order chi connectivity index (χ0) is 21.6. The number of hydrogen-bond acceptors (Lipinski definition) is 4. The number of carbonyl (C=O) groups is 2. The van der Waals surface area contributed by atoms with E-state index in [1.54, 1.807) is 12.1 Å². The van der Waals surface area contributed by atoms with E-state index in [0.29, 0.717) is 14.5 Å². The minimum atomic E-state index is -4.51. The van der Waals surface area contributed by atoms with E-state index in [2.05, 4.69) is 47.7 Å². The SMILES string of the molecule is O=C(CCC(=O)Nc1cccc(C(F)(F)F)c1)N/N=C/c1cc(Br)c(O)c(Br)c1. The van der Waals surface area contributed by atoms with Gasteiger partial charge in [0.1, 0.15) is 5.75 Å². The highest BCUT2D eigenvalue weighted by Crippen LogP contribution is 2.33. The molecule has 29 heavy (non-hydrogen) atoms. The number of halogens is 5. The third-order valence-electron chi connectivity index (χ3n) is 3.49. The Hall–Kier alpha value is -2.40. The van der Waals surface area contributed by atoms with Gasteiger partial charge in [-0.2, -0.15) is 18.3 Å². The summed E-state index contributed by atoms with van der Waals surface area (Å²) >= 11 is 6.33. The smallest absolute Gasteiger partial charge is 0.416 e. The molecule has 0 spiro atoms. The van der Waals surface area contributed by atoms with E-state index < -0.39 is 23.6 Å². The molecule has 0 heterocycles. The van der Waals surface area contributed by atoms with Gasteiger partial charge in [0.25, 0.3) is 0 Å². The van der Waals surface area contributed by atoms with Crippen molar-refractivity contribution in [3.63, 3.8) is 0 Å². The van der Waals surface area contributed by atoms with Gasteiger partial charge in [0.05, 0.1) is 20.7 Å². The minimum Gasteiger partial charge on any atom is -0.506 e. The standard InChI is InChI=1S/C18H14Br2F3N3O3/c19-13-6-10(7-14(20)17(13)29)9-24-26-16(28)5-4-15(27)25-12-3-1-2-11(8-12)18(21,22)23/h1-3,6-9,29H,4-5H2,(H,25,27)(H,26,28)/b24-9+. The number of phenols is 1. The van der Waals surface area contributed by atoms with Crippen molar-refractivity contribution in [1.29, 1.82) is 0 Å². The summed E-state index contributed by atoms with van der Waals surface area (Å²) < 4.78 is 38.9. The van der Waals surface area contributed by atoms with Gasteiger partial charge in [-0.15, -0.1) is 0 Å². The molecule has 0 unspecified atom stereocenters. The summed E-state index contributed by atoms with van der Waals surface area (Å²) in [5, 5.41) is 15.7. The maximum Gasteiger partial charge on any atom is 0.416 e. The highest BCUT2D eigenvalue weighted by molar-refractivity contribution is 9.11. The summed E-state index contributed by atoms with van der Waals surface area (Å²) in [6, 6.07) is 7.38. The Bertz CT molecular complexity index is 926. The fourth-order valence-corrected chi connectivity index (χ4v) is 3.34. The third kappa shape index (κ3) is 7.17. The number of aromatic hydroxyl groups is 1. The monoisotopic (exact) mass is 535 g/mol. The molecule has 0 saturated heterocycles. The average Bonchev–Trinajstić information content (AvgIpc) is 2.64. The van der Waals surface area contributed by atoms with Gasteiger partial charge in [-0.1, -0.05) is 6.07 Å². The molecule has 3 N–H and O–H groups in total. The van der Waals surface area contributed by atoms with Crippen molar-refractivity contribution >= 4 is 55.6 Å². The van der Waals surface area contributed by atoms with Crippen molar-refractivity contribution in [2.75, 3.05) is 5.32 Å². The van der Waals surface area contributed by atoms with Gasteiger partial charge < -0.3 is 10.4 Å². The van der Waals surface area contributed by atoms with Crippen molar-refractivity contribution in [3.8, 4) is 5.75 Å². The second-order valence-electron chi connectivity index (χ2n) is 5.75. The molecule has 2 aromatic carbocycles. The number of hydrogen-bond donors (Lipinski definition) is 3. The maximum absolute atomic E-state index is 12.7. The van der Waals surface area contributed by atoms with Crippen LogP contribution in [0.15, 0.2) is 50.4 Å². The van der Waals surface area contributed by atoms with E-state index in [1.165, 1.54) is 18.3 Å². The Kier molecular flexibility index (Phi) is 7.80. The molecule has 2 rings (SSSR count). The molecule has 2 amide bonds. The summed E-state index contributed by atoms with van der Waals surface area (Å²) in [4.78, 5) is 23.6. The Morgan fingerprint density at radius 1 is 1.07 bits per heavy atom. The maximum atomic E-state index is 12.7. The molecule has 0 fully saturated rings. The molecule has 0 bridgehead atoms. The predicted octanol–water partition coefficient (Wildman–Crippen LogP) is 4.81. The number of amides is 2. The lowest BCUT2D eigenvalue weighted by molar-refractivity contribution is -0.137. The van der Waals surface area contributed by atoms with Crippen LogP contribution in [0.2, 0.25) is 0 Å². The lowest BCUT2D eigenvalue weighted by Gasteiger charge is -2.09. The summed E-state index contributed by atoms with van der Waals surface area (Å²) in [5.74, 6) is -1.12. The first-order valence-corrected chi connectivity index (χ1v) is 9.62. The van der Waals surface area contributed by atoms with E-state index in [9.17, 15) is 27.9 Å². The van der Waals surface area contributed by atoms with Gasteiger partial charge >= 0.3 is 6.18 Å². The van der Waals surface area contributed by atoms with Crippen molar-refractivity contribution in [3.05, 3.63) is 56.5 Å². The first-order valence-electron chi connectivity index (χ1n) is 8.03. The van der Waals surface area contributed by atoms with Gasteiger partial charge in [0.2, 0.25) is 11.8 Å². The second kappa shape index (κ2) is 9.88. The molecule has 6 nitrogen and oxygen atoms in total. The number of carbonyl (C=O) groups excluding carboxylic acids is 2. The van der Waals surface area contributed by atoms with Crippen molar-refractivity contribution in [2.24, 2.45) is 5.10 Å². The Labute approximate surface area is 180 Å². The lowest BCUT2D eigenvalue weighted by Crippen LogP contribution is -2.20. The first-order chi connectivity index (χ1) is 13.6. The number of rotatable bonds is 6. The Morgan fingerprint density at radius 2 is 1.69 bits per heavy atom. The van der Waals surface area contributed by atoms with Crippen LogP contribution in [-0.2, 0) is 15.8 Å². The summed E-state index contributed by atoms with van der Waals surface area (Å²) in [7, 11) is 0. The highest BCUT2D eigenvalue weighted by Gasteiger charge is 2.30. The molecular weight excluding hydrogens is 523 g/mol. The lowest BCUT2D eigenvalue weighted by atomic mass is 10.2. The zero-order valence-electron chi connectivity index (χ0n) is 14.6. The van der Waals surface area contributed by atoms with E-state index >= 15 is 0 Å². The van der Waals surface area contributed by atoms with E-state index in [1.807, 2.05) is 0 Å². The zero-order valence-corrected chi connectivity index (χ0v) is 17.7. The van der Waals surface area contributed by atoms with Crippen molar-refractivity contribution in [2.45, 2.75) is 19.0 Å². The van der Waals surface area contributed by atoms with Gasteiger partial charge in [0.15, 0.2) is 0 Å². The summed E-state index contributed by atoms with van der Waals surface area (Å²) in [6.07, 6.45) is -3.60. The second-order valence-corrected chi connectivity index (χ2v) is 7.46. The molecule has 154 valence electrons. The van der Waals surface area contributed by atoms with Crippen LogP contribution < -0.4 is 10.7 Å². The number of alkyl halides is 3. The highest BCUT2D eigenvalue weighted by atomic mass is 79.9. The largest absolute Gasteiger partial charge is 0.506 e. The quantitative estimate of drug-likeness (QED) is 0.365. The number of benzene rings is 2. The van der Waals surface area contributed by atoms with Crippen molar-refractivity contribution in [1.82, 2.24) is 5.43 Å². The van der Waals surface area contributed by atoms with Crippen LogP contribution in [0.5, 0.6) is 5.75 Å². The first kappa shape index (κ1) is 22.9. The molecular formula is C18H14Br2F3N3O3. The van der Waals surface area contributed by atoms with Gasteiger partial charge in [0, 0.05) is 18.5 Å². The predicted molar refractivity (Wildman–Crippen MR) is 109 cm³/mol. The molecule has 2 aromatic rings. The van der Waals surface area contributed by atoms with E-state index in [0.717, 1.165) is 12.1 Å². The fourth-order valence-electron chi connectivity index (χ4n) is 2.12. The molecule has 0 saturated carbocycles. The molecule has 11 heteroatoms. The summed E-state index contributed by atoms with van der Waals surface area (Å²) in [5.41, 5.74) is 1.94. The molecule has 0 aliphatic rings. The van der Waals surface area contributed by atoms with Crippen LogP contribution in [0.4, 0.5) is 18.9 Å². The third-order valence-corrected chi connectivity index (χ3v) is 4.70. The number of anilines is 1. The number of nitrogens with zero attached hydrogens (tertiary/aromatic N) is 1. The van der Waals surface area contributed by atoms with Gasteiger partial charge in [-0.3, -0.25) is 9.59 Å². The van der Waals surface area contributed by atoms with E-state index in [4.69, 9.17) is 0 Å². The molecule has 0 atom stereocenters. The minimum absolute atomic E-state index is 0.00765.